The van der Waals surface area contributed by atoms with Gasteiger partial charge < -0.3 is 20.3 Å². The van der Waals surface area contributed by atoms with E-state index in [1.165, 1.54) is 25.0 Å². The number of rotatable bonds is 6. The standard InChI is InChI=1S/C24H23FN6O.C4H8O/c1-30(2)10-9-16-4-3-5-21(28-16)29-19-7-6-17(18-13-27-24(32)23(18)19)20-14-26-22-12-15(25)8-11-31(20)22;1-2-4-5-3-1/h3-8,11-12,14H,9-10,13H2,1-2H3,(H,27,32)(H,28,29);1-4H2. The number of fused-ring (bicyclic) bond motifs is 2. The molecule has 2 aliphatic heterocycles. The zero-order valence-corrected chi connectivity index (χ0v) is 21.1. The van der Waals surface area contributed by atoms with Gasteiger partial charge in [0.25, 0.3) is 5.91 Å². The summed E-state index contributed by atoms with van der Waals surface area (Å²) in [5.41, 5.74) is 5.39. The average molecular weight is 503 g/mol. The van der Waals surface area contributed by atoms with Gasteiger partial charge in [-0.1, -0.05) is 12.1 Å². The Kier molecular flexibility index (Phi) is 7.43. The Morgan fingerprint density at radius 1 is 1.16 bits per heavy atom. The summed E-state index contributed by atoms with van der Waals surface area (Å²) >= 11 is 0. The molecule has 1 saturated heterocycles. The minimum Gasteiger partial charge on any atom is -0.381 e. The predicted molar refractivity (Wildman–Crippen MR) is 142 cm³/mol. The first-order valence-electron chi connectivity index (χ1n) is 12.5. The minimum absolute atomic E-state index is 0.132. The lowest BCUT2D eigenvalue weighted by Crippen LogP contribution is -2.16. The van der Waals surface area contributed by atoms with Gasteiger partial charge in [0.05, 0.1) is 23.1 Å². The van der Waals surface area contributed by atoms with Crippen molar-refractivity contribution in [2.75, 3.05) is 39.2 Å². The van der Waals surface area contributed by atoms with Gasteiger partial charge in [-0.2, -0.15) is 0 Å². The average Bonchev–Trinajstić information content (AvgIpc) is 3.66. The van der Waals surface area contributed by atoms with Crippen LogP contribution in [-0.2, 0) is 17.7 Å². The molecule has 1 amide bonds. The van der Waals surface area contributed by atoms with Crippen LogP contribution in [0.1, 0.15) is 34.5 Å². The molecule has 6 rings (SSSR count). The summed E-state index contributed by atoms with van der Waals surface area (Å²) in [6, 6.07) is 12.5. The van der Waals surface area contributed by atoms with Crippen LogP contribution in [0.25, 0.3) is 16.9 Å². The van der Waals surface area contributed by atoms with Gasteiger partial charge in [0.2, 0.25) is 0 Å². The van der Waals surface area contributed by atoms with Crippen molar-refractivity contribution >= 4 is 23.1 Å². The van der Waals surface area contributed by atoms with Crippen molar-refractivity contribution in [1.29, 1.82) is 0 Å². The van der Waals surface area contributed by atoms with E-state index in [1.54, 1.807) is 12.4 Å². The Morgan fingerprint density at radius 3 is 2.76 bits per heavy atom. The van der Waals surface area contributed by atoms with Crippen molar-refractivity contribution in [2.45, 2.75) is 25.8 Å². The predicted octanol–water partition coefficient (Wildman–Crippen LogP) is 4.42. The lowest BCUT2D eigenvalue weighted by Gasteiger charge is -2.14. The minimum atomic E-state index is -0.336. The molecule has 9 heteroatoms. The van der Waals surface area contributed by atoms with E-state index in [2.05, 4.69) is 20.5 Å². The van der Waals surface area contributed by atoms with Crippen LogP contribution in [0, 0.1) is 5.82 Å². The molecule has 8 nitrogen and oxygen atoms in total. The van der Waals surface area contributed by atoms with Crippen molar-refractivity contribution in [1.82, 2.24) is 24.6 Å². The molecule has 37 heavy (non-hydrogen) atoms. The number of halogens is 1. The summed E-state index contributed by atoms with van der Waals surface area (Å²) in [6.07, 6.45) is 6.75. The van der Waals surface area contributed by atoms with Crippen molar-refractivity contribution in [3.05, 3.63) is 77.5 Å². The fraction of sp³-hybridized carbons (Fsp3) is 0.321. The maximum absolute atomic E-state index is 13.6. The van der Waals surface area contributed by atoms with Crippen molar-refractivity contribution in [3.63, 3.8) is 0 Å². The summed E-state index contributed by atoms with van der Waals surface area (Å²) in [5, 5.41) is 6.24. The van der Waals surface area contributed by atoms with Gasteiger partial charge in [-0.25, -0.2) is 14.4 Å². The molecule has 5 heterocycles. The van der Waals surface area contributed by atoms with Gasteiger partial charge >= 0.3 is 0 Å². The van der Waals surface area contributed by atoms with Gasteiger partial charge in [0, 0.05) is 56.2 Å². The second kappa shape index (κ2) is 11.1. The fourth-order valence-electron chi connectivity index (χ4n) is 4.52. The third-order valence-corrected chi connectivity index (χ3v) is 6.43. The number of anilines is 2. The summed E-state index contributed by atoms with van der Waals surface area (Å²) in [6.45, 7) is 3.33. The van der Waals surface area contributed by atoms with E-state index < -0.39 is 0 Å². The highest BCUT2D eigenvalue weighted by Crippen LogP contribution is 2.35. The lowest BCUT2D eigenvalue weighted by atomic mass is 9.99. The number of nitrogens with one attached hydrogen (secondary N) is 2. The number of carbonyl (C=O) groups is 1. The molecule has 0 unspecified atom stereocenters. The topological polar surface area (TPSA) is 83.8 Å². The summed E-state index contributed by atoms with van der Waals surface area (Å²) in [7, 11) is 4.07. The molecule has 2 aliphatic rings. The number of benzene rings is 1. The lowest BCUT2D eigenvalue weighted by molar-refractivity contribution is 0.0966. The molecular formula is C28H31FN6O2. The van der Waals surface area contributed by atoms with Crippen molar-refractivity contribution < 1.29 is 13.9 Å². The van der Waals surface area contributed by atoms with E-state index in [9.17, 15) is 9.18 Å². The van der Waals surface area contributed by atoms with Crippen LogP contribution in [0.5, 0.6) is 0 Å². The number of amides is 1. The van der Waals surface area contributed by atoms with E-state index in [0.717, 1.165) is 48.7 Å². The van der Waals surface area contributed by atoms with Gasteiger partial charge in [0.15, 0.2) is 0 Å². The number of hydrogen-bond donors (Lipinski definition) is 2. The first-order valence-corrected chi connectivity index (χ1v) is 12.5. The largest absolute Gasteiger partial charge is 0.381 e. The molecule has 0 spiro atoms. The van der Waals surface area contributed by atoms with Crippen LogP contribution in [-0.4, -0.2) is 59.0 Å². The van der Waals surface area contributed by atoms with E-state index in [1.807, 2.05) is 48.8 Å². The maximum atomic E-state index is 13.6. The highest BCUT2D eigenvalue weighted by Gasteiger charge is 2.27. The molecule has 1 fully saturated rings. The monoisotopic (exact) mass is 502 g/mol. The molecule has 4 aromatic rings. The second-order valence-electron chi connectivity index (χ2n) is 9.43. The van der Waals surface area contributed by atoms with Crippen molar-refractivity contribution in [3.8, 4) is 11.3 Å². The van der Waals surface area contributed by atoms with Crippen LogP contribution < -0.4 is 10.6 Å². The SMILES string of the molecule is C1CCOC1.CN(C)CCc1cccc(Nc2ccc(-c3cnc4cc(F)ccn34)c3c2C(=O)NC3)n1. The molecule has 0 atom stereocenters. The fourth-order valence-corrected chi connectivity index (χ4v) is 4.52. The highest BCUT2D eigenvalue weighted by atomic mass is 19.1. The van der Waals surface area contributed by atoms with E-state index in [4.69, 9.17) is 9.72 Å². The van der Waals surface area contributed by atoms with Gasteiger partial charge in [0.1, 0.15) is 17.3 Å². The summed E-state index contributed by atoms with van der Waals surface area (Å²) in [4.78, 5) is 23.8. The number of aromatic nitrogens is 3. The van der Waals surface area contributed by atoms with E-state index >= 15 is 0 Å². The third-order valence-electron chi connectivity index (χ3n) is 6.43. The molecule has 0 radical (unpaired) electrons. The molecule has 0 bridgehead atoms. The number of nitrogens with zero attached hydrogens (tertiary/aromatic N) is 4. The van der Waals surface area contributed by atoms with Crippen LogP contribution in [0.2, 0.25) is 0 Å². The van der Waals surface area contributed by atoms with E-state index in [0.29, 0.717) is 29.3 Å². The van der Waals surface area contributed by atoms with Crippen LogP contribution in [0.3, 0.4) is 0 Å². The Hall–Kier alpha value is -3.82. The highest BCUT2D eigenvalue weighted by molar-refractivity contribution is 6.06. The molecule has 2 N–H and O–H groups in total. The van der Waals surface area contributed by atoms with Gasteiger partial charge in [-0.15, -0.1) is 0 Å². The zero-order chi connectivity index (χ0) is 25.8. The smallest absolute Gasteiger partial charge is 0.254 e. The summed E-state index contributed by atoms with van der Waals surface area (Å²) in [5.74, 6) is 0.228. The quantitative estimate of drug-likeness (QED) is 0.406. The first-order chi connectivity index (χ1) is 18.0. The van der Waals surface area contributed by atoms with Crippen LogP contribution in [0.4, 0.5) is 15.9 Å². The molecule has 0 saturated carbocycles. The zero-order valence-electron chi connectivity index (χ0n) is 21.1. The molecule has 192 valence electrons. The molecule has 0 aliphatic carbocycles. The van der Waals surface area contributed by atoms with Crippen molar-refractivity contribution in [2.24, 2.45) is 0 Å². The Labute approximate surface area is 215 Å². The maximum Gasteiger partial charge on any atom is 0.254 e. The number of likely N-dealkylation sites (N-methyl/N-ethyl adjacent to an activating group) is 1. The molecule has 1 aromatic carbocycles. The number of ether oxygens (including phenoxy) is 1. The normalized spacial score (nSPS) is 14.4. The van der Waals surface area contributed by atoms with Gasteiger partial charge in [-0.3, -0.25) is 9.20 Å². The number of imidazole rings is 1. The first kappa shape index (κ1) is 24.9. The number of carbonyl (C=O) groups excluding carboxylic acids is 1. The Balaban J connectivity index is 0.000000503. The number of hydrogen-bond acceptors (Lipinski definition) is 6. The molecule has 3 aromatic heterocycles. The third kappa shape index (κ3) is 5.63. The molecular weight excluding hydrogens is 471 g/mol. The second-order valence-corrected chi connectivity index (χ2v) is 9.43. The Morgan fingerprint density at radius 2 is 2.00 bits per heavy atom. The van der Waals surface area contributed by atoms with E-state index in [-0.39, 0.29) is 11.7 Å². The Bertz CT molecular complexity index is 1410. The number of pyridine rings is 2. The summed E-state index contributed by atoms with van der Waals surface area (Å²) < 4.78 is 20.3. The van der Waals surface area contributed by atoms with Crippen LogP contribution in [0.15, 0.2) is 54.9 Å². The van der Waals surface area contributed by atoms with Gasteiger partial charge in [-0.05, 0) is 56.8 Å². The van der Waals surface area contributed by atoms with Crippen LogP contribution >= 0.6 is 0 Å².